The average molecular weight is 756 g/mol. The summed E-state index contributed by atoms with van der Waals surface area (Å²) in [6.07, 6.45) is -1.51. The maximum absolute atomic E-state index is 13.9. The number of hydrogen-bond acceptors (Lipinski definition) is 8. The van der Waals surface area contributed by atoms with Crippen molar-refractivity contribution in [1.29, 1.82) is 0 Å². The molecule has 0 spiro atoms. The number of nitrogens with one attached hydrogen (secondary N) is 2. The Labute approximate surface area is 285 Å². The molecular formula is C34H34IN3O7S. The Morgan fingerprint density at radius 3 is 2.09 bits per heavy atom. The predicted octanol–water partition coefficient (Wildman–Crippen LogP) is 5.38. The summed E-state index contributed by atoms with van der Waals surface area (Å²) in [5.41, 5.74) is 2.10. The van der Waals surface area contributed by atoms with Crippen LogP contribution < -0.4 is 10.6 Å². The molecule has 0 aromatic heterocycles. The van der Waals surface area contributed by atoms with Crippen molar-refractivity contribution in [3.05, 3.63) is 113 Å². The molecule has 2 heterocycles. The first kappa shape index (κ1) is 33.3. The molecule has 3 aromatic carbocycles. The average Bonchev–Trinajstić information content (AvgIpc) is 3.04. The molecule has 3 N–H and O–H groups in total. The Hall–Kier alpha value is -4.04. The van der Waals surface area contributed by atoms with E-state index in [1.807, 2.05) is 60.7 Å². The highest BCUT2D eigenvalue weighted by atomic mass is 127. The summed E-state index contributed by atoms with van der Waals surface area (Å²) in [6, 6.07) is 22.4. The molecule has 3 atom stereocenters. The van der Waals surface area contributed by atoms with Gasteiger partial charge in [0, 0.05) is 10.2 Å². The smallest absolute Gasteiger partial charge is 0.408 e. The number of benzene rings is 3. The predicted molar refractivity (Wildman–Crippen MR) is 182 cm³/mol. The van der Waals surface area contributed by atoms with Crippen molar-refractivity contribution in [2.45, 2.75) is 49.9 Å². The largest absolute Gasteiger partial charge is 0.508 e. The van der Waals surface area contributed by atoms with Crippen molar-refractivity contribution in [3.8, 4) is 5.75 Å². The van der Waals surface area contributed by atoms with Crippen LogP contribution >= 0.6 is 34.4 Å². The number of amides is 3. The molecule has 5 rings (SSSR count). The minimum absolute atomic E-state index is 0.0115. The Balaban J connectivity index is 1.36. The summed E-state index contributed by atoms with van der Waals surface area (Å²) < 4.78 is 12.0. The number of nitrogens with zero attached hydrogens (tertiary/aromatic N) is 1. The number of hydrogen-bond donors (Lipinski definition) is 3. The van der Waals surface area contributed by atoms with E-state index in [1.165, 1.54) is 40.9 Å². The summed E-state index contributed by atoms with van der Waals surface area (Å²) >= 11 is 3.60. The number of ether oxygens (including phenoxy) is 2. The highest BCUT2D eigenvalue weighted by Crippen LogP contribution is 2.42. The maximum Gasteiger partial charge on any atom is 0.408 e. The van der Waals surface area contributed by atoms with Gasteiger partial charge < -0.3 is 25.2 Å². The van der Waals surface area contributed by atoms with E-state index in [-0.39, 0.29) is 11.4 Å². The zero-order valence-corrected chi connectivity index (χ0v) is 28.4. The van der Waals surface area contributed by atoms with Crippen LogP contribution in [0.25, 0.3) is 0 Å². The standard InChI is InChI=1S/C34H34IN3O7S/c1-34(2,3)45-33(43)37-25(20-14-16-24(39)17-15-20)29(40)36-26-30(41)38-27(23(18-35)19-46-31(26)38)32(42)44-28(21-10-6-4-7-11-21)22-12-8-5-9-13-22/h4-17,25-26,28,31,39H,18-19H2,1-3H3,(H,36,40)(H,37,43)/t25-,26-,31-/m1/s1. The Morgan fingerprint density at radius 2 is 1.54 bits per heavy atom. The summed E-state index contributed by atoms with van der Waals surface area (Å²) in [7, 11) is 0. The second-order valence-electron chi connectivity index (χ2n) is 11.8. The van der Waals surface area contributed by atoms with E-state index in [4.69, 9.17) is 9.47 Å². The monoisotopic (exact) mass is 755 g/mol. The van der Waals surface area contributed by atoms with Gasteiger partial charge in [0.2, 0.25) is 5.91 Å². The highest BCUT2D eigenvalue weighted by Gasteiger charge is 2.55. The van der Waals surface area contributed by atoms with Crippen LogP contribution in [0, 0.1) is 0 Å². The number of aromatic hydroxyl groups is 1. The minimum atomic E-state index is -1.21. The quantitative estimate of drug-likeness (QED) is 0.115. The number of β-lactam (4-membered cyclic amide) rings is 1. The van der Waals surface area contributed by atoms with Crippen molar-refractivity contribution in [1.82, 2.24) is 15.5 Å². The fraction of sp³-hybridized carbons (Fsp3) is 0.294. The van der Waals surface area contributed by atoms with Crippen LogP contribution in [0.15, 0.2) is 96.2 Å². The van der Waals surface area contributed by atoms with Crippen LogP contribution in [-0.2, 0) is 23.9 Å². The first-order valence-electron chi connectivity index (χ1n) is 14.6. The molecule has 3 amide bonds. The van der Waals surface area contributed by atoms with Gasteiger partial charge in [-0.3, -0.25) is 14.5 Å². The fourth-order valence-corrected chi connectivity index (χ4v) is 7.49. The van der Waals surface area contributed by atoms with Gasteiger partial charge in [0.1, 0.15) is 34.5 Å². The lowest BCUT2D eigenvalue weighted by Crippen LogP contribution is -2.71. The number of carbonyl (C=O) groups excluding carboxylic acids is 4. The number of fused-ring (bicyclic) bond motifs is 1. The second kappa shape index (κ2) is 14.2. The Bertz CT molecular complexity index is 1590. The van der Waals surface area contributed by atoms with Gasteiger partial charge in [-0.2, -0.15) is 0 Å². The van der Waals surface area contributed by atoms with E-state index in [9.17, 15) is 24.3 Å². The number of alkyl halides is 1. The molecular weight excluding hydrogens is 721 g/mol. The zero-order valence-electron chi connectivity index (χ0n) is 25.4. The van der Waals surface area contributed by atoms with Crippen LogP contribution in [0.2, 0.25) is 0 Å². The van der Waals surface area contributed by atoms with Gasteiger partial charge in [0.05, 0.1) is 0 Å². The van der Waals surface area contributed by atoms with Crippen LogP contribution in [-0.4, -0.2) is 61.1 Å². The SMILES string of the molecule is CC(C)(C)OC(=O)N[C@@H](C(=O)N[C@@H]1C(=O)N2C(C(=O)OC(c3ccccc3)c3ccccc3)=C(CI)CS[C@H]12)c1ccc(O)cc1. The molecule has 2 aliphatic rings. The van der Waals surface area contributed by atoms with Gasteiger partial charge in [-0.25, -0.2) is 9.59 Å². The number of carbonyl (C=O) groups is 4. The van der Waals surface area contributed by atoms with Crippen LogP contribution in [0.3, 0.4) is 0 Å². The van der Waals surface area contributed by atoms with Crippen LogP contribution in [0.5, 0.6) is 5.75 Å². The molecule has 1 fully saturated rings. The van der Waals surface area contributed by atoms with Crippen molar-refractivity contribution in [3.63, 3.8) is 0 Å². The lowest BCUT2D eigenvalue weighted by molar-refractivity contribution is -0.154. The van der Waals surface area contributed by atoms with Gasteiger partial charge in [0.15, 0.2) is 6.10 Å². The molecule has 0 saturated carbocycles. The molecule has 1 saturated heterocycles. The van der Waals surface area contributed by atoms with Crippen molar-refractivity contribution >= 4 is 58.2 Å². The van der Waals surface area contributed by atoms with Gasteiger partial charge in [0.25, 0.3) is 5.91 Å². The van der Waals surface area contributed by atoms with E-state index in [2.05, 4.69) is 33.2 Å². The minimum Gasteiger partial charge on any atom is -0.508 e. The number of thioether (sulfide) groups is 1. The number of rotatable bonds is 9. The van der Waals surface area contributed by atoms with Crippen molar-refractivity contribution in [2.24, 2.45) is 0 Å². The third kappa shape index (κ3) is 7.49. The van der Waals surface area contributed by atoms with Gasteiger partial charge >= 0.3 is 12.1 Å². The topological polar surface area (TPSA) is 134 Å². The molecule has 2 aliphatic heterocycles. The first-order valence-corrected chi connectivity index (χ1v) is 17.2. The second-order valence-corrected chi connectivity index (χ2v) is 13.6. The van der Waals surface area contributed by atoms with E-state index < -0.39 is 53.0 Å². The molecule has 240 valence electrons. The van der Waals surface area contributed by atoms with Crippen molar-refractivity contribution < 1.29 is 33.8 Å². The number of phenols is 1. The van der Waals surface area contributed by atoms with Gasteiger partial charge in [-0.1, -0.05) is 95.4 Å². The molecule has 0 aliphatic carbocycles. The van der Waals surface area contributed by atoms with E-state index in [1.54, 1.807) is 20.8 Å². The number of phenolic OH excluding ortho intramolecular Hbond substituents is 1. The third-order valence-corrected chi connectivity index (χ3v) is 9.54. The number of halogens is 1. The summed E-state index contributed by atoms with van der Waals surface area (Å²) in [4.78, 5) is 55.2. The summed E-state index contributed by atoms with van der Waals surface area (Å²) in [5.74, 6) is -1.27. The van der Waals surface area contributed by atoms with E-state index in [0.717, 1.165) is 16.7 Å². The van der Waals surface area contributed by atoms with E-state index >= 15 is 0 Å². The van der Waals surface area contributed by atoms with E-state index in [0.29, 0.717) is 15.7 Å². The van der Waals surface area contributed by atoms with Crippen molar-refractivity contribution in [2.75, 3.05) is 10.2 Å². The molecule has 3 aromatic rings. The molecule has 0 unspecified atom stereocenters. The number of esters is 1. The molecule has 12 heteroatoms. The Kier molecular flexibility index (Phi) is 10.3. The Morgan fingerprint density at radius 1 is 0.957 bits per heavy atom. The van der Waals surface area contributed by atoms with Crippen LogP contribution in [0.1, 0.15) is 49.6 Å². The van der Waals surface area contributed by atoms with Gasteiger partial charge in [-0.15, -0.1) is 11.8 Å². The highest BCUT2D eigenvalue weighted by molar-refractivity contribution is 14.1. The maximum atomic E-state index is 13.9. The lowest BCUT2D eigenvalue weighted by atomic mass is 10.00. The first-order chi connectivity index (χ1) is 22.0. The lowest BCUT2D eigenvalue weighted by Gasteiger charge is -2.50. The molecule has 10 nitrogen and oxygen atoms in total. The normalized spacial score (nSPS) is 18.3. The van der Waals surface area contributed by atoms with Crippen LogP contribution in [0.4, 0.5) is 4.79 Å². The molecule has 46 heavy (non-hydrogen) atoms. The zero-order chi connectivity index (χ0) is 33.0. The fourth-order valence-electron chi connectivity index (χ4n) is 5.15. The number of alkyl carbamates (subject to hydrolysis) is 1. The summed E-state index contributed by atoms with van der Waals surface area (Å²) in [5, 5.41) is 14.5. The molecule has 0 radical (unpaired) electrons. The third-order valence-electron chi connectivity index (χ3n) is 7.28. The summed E-state index contributed by atoms with van der Waals surface area (Å²) in [6.45, 7) is 5.10. The molecule has 0 bridgehead atoms. The van der Waals surface area contributed by atoms with Gasteiger partial charge in [-0.05, 0) is 55.2 Å².